The molecular formula is C22H27N3O3S. The Hall–Kier alpha value is -2.56. The average molecular weight is 414 g/mol. The Balaban J connectivity index is 1.67. The van der Waals surface area contributed by atoms with Gasteiger partial charge in [0.25, 0.3) is 0 Å². The predicted octanol–water partition coefficient (Wildman–Crippen LogP) is 3.83. The lowest BCUT2D eigenvalue weighted by atomic mass is 9.89. The first-order valence-corrected chi connectivity index (χ1v) is 10.5. The van der Waals surface area contributed by atoms with Gasteiger partial charge >= 0.3 is 0 Å². The summed E-state index contributed by atoms with van der Waals surface area (Å²) in [7, 11) is 5.09. The summed E-state index contributed by atoms with van der Waals surface area (Å²) in [5.74, 6) is 1.84. The Morgan fingerprint density at radius 3 is 2.86 bits per heavy atom. The summed E-state index contributed by atoms with van der Waals surface area (Å²) in [5, 5.41) is 13.2. The van der Waals surface area contributed by atoms with Crippen molar-refractivity contribution < 1.29 is 14.3 Å². The number of rotatable bonds is 7. The fourth-order valence-electron chi connectivity index (χ4n) is 3.79. The molecule has 0 spiro atoms. The van der Waals surface area contributed by atoms with Crippen LogP contribution in [0.3, 0.4) is 0 Å². The number of hydrogen-bond acceptors (Lipinski definition) is 6. The van der Waals surface area contributed by atoms with E-state index in [1.807, 2.05) is 30.1 Å². The minimum Gasteiger partial charge on any atom is -0.493 e. The van der Waals surface area contributed by atoms with Crippen molar-refractivity contribution in [3.05, 3.63) is 39.8 Å². The van der Waals surface area contributed by atoms with E-state index in [9.17, 15) is 10.1 Å². The number of nitrogens with zero attached hydrogens (tertiary/aromatic N) is 2. The van der Waals surface area contributed by atoms with Crippen LogP contribution in [0.2, 0.25) is 0 Å². The van der Waals surface area contributed by atoms with Crippen LogP contribution in [0, 0.1) is 17.2 Å². The monoisotopic (exact) mass is 413 g/mol. The fraction of sp³-hybridized carbons (Fsp3) is 0.455. The topological polar surface area (TPSA) is 74.6 Å². The molecule has 1 aliphatic rings. The Morgan fingerprint density at radius 1 is 1.38 bits per heavy atom. The lowest BCUT2D eigenvalue weighted by Crippen LogP contribution is -2.30. The molecule has 1 aliphatic carbocycles. The molecule has 0 saturated heterocycles. The van der Waals surface area contributed by atoms with Gasteiger partial charge < -0.3 is 14.8 Å². The number of hydrogen-bond donors (Lipinski definition) is 1. The molecule has 1 heterocycles. The normalized spacial score (nSPS) is 15.5. The van der Waals surface area contributed by atoms with Gasteiger partial charge in [0.05, 0.1) is 26.3 Å². The van der Waals surface area contributed by atoms with E-state index in [1.54, 1.807) is 25.6 Å². The Labute approximate surface area is 176 Å². The number of carbonyl (C=O) groups excluding carboxylic acids is 1. The number of likely N-dealkylation sites (N-methyl/N-ethyl adjacent to an activating group) is 1. The second-order valence-corrected chi connectivity index (χ2v) is 8.65. The number of para-hydroxylation sites is 1. The number of amides is 1. The highest BCUT2D eigenvalue weighted by atomic mass is 32.1. The molecule has 0 radical (unpaired) electrons. The fourth-order valence-corrected chi connectivity index (χ4v) is 5.17. The van der Waals surface area contributed by atoms with Gasteiger partial charge in [-0.15, -0.1) is 11.3 Å². The van der Waals surface area contributed by atoms with Crippen molar-refractivity contribution in [1.82, 2.24) is 4.90 Å². The molecule has 6 nitrogen and oxygen atoms in total. The van der Waals surface area contributed by atoms with E-state index < -0.39 is 0 Å². The third-order valence-corrected chi connectivity index (χ3v) is 6.38. The lowest BCUT2D eigenvalue weighted by molar-refractivity contribution is -0.117. The van der Waals surface area contributed by atoms with Crippen molar-refractivity contribution in [2.45, 2.75) is 32.7 Å². The summed E-state index contributed by atoms with van der Waals surface area (Å²) >= 11 is 1.55. The number of methoxy groups -OCH3 is 2. The van der Waals surface area contributed by atoms with E-state index in [0.717, 1.165) is 30.4 Å². The van der Waals surface area contributed by atoms with Crippen LogP contribution in [0.4, 0.5) is 5.00 Å². The van der Waals surface area contributed by atoms with Crippen molar-refractivity contribution in [2.75, 3.05) is 33.1 Å². The van der Waals surface area contributed by atoms with Gasteiger partial charge in [-0.2, -0.15) is 5.26 Å². The van der Waals surface area contributed by atoms with E-state index in [2.05, 4.69) is 18.3 Å². The SMILES string of the molecule is COc1cccc(CN(C)CC(=O)Nc2sc3c(c2C#N)CC[C@@H](C)C3)c1OC. The number of nitriles is 1. The molecule has 2 aromatic rings. The van der Waals surface area contributed by atoms with Crippen molar-refractivity contribution >= 4 is 22.2 Å². The van der Waals surface area contributed by atoms with Gasteiger partial charge in [0.2, 0.25) is 5.91 Å². The standard InChI is InChI=1S/C22H27N3O3S/c1-14-8-9-16-17(11-23)22(29-19(16)10-14)24-20(26)13-25(2)12-15-6-5-7-18(27-3)21(15)28-4/h5-7,14H,8-10,12-13H2,1-4H3,(H,24,26)/t14-/m1/s1. The quantitative estimate of drug-likeness (QED) is 0.747. The van der Waals surface area contributed by atoms with Crippen LogP contribution in [0.1, 0.15) is 34.9 Å². The minimum atomic E-state index is -0.127. The van der Waals surface area contributed by atoms with Gasteiger partial charge in [0.1, 0.15) is 11.1 Å². The van der Waals surface area contributed by atoms with Crippen molar-refractivity contribution in [3.8, 4) is 17.6 Å². The van der Waals surface area contributed by atoms with E-state index in [4.69, 9.17) is 9.47 Å². The lowest BCUT2D eigenvalue weighted by Gasteiger charge is -2.19. The molecule has 1 aromatic heterocycles. The minimum absolute atomic E-state index is 0.127. The molecule has 3 rings (SSSR count). The van der Waals surface area contributed by atoms with Gasteiger partial charge in [-0.1, -0.05) is 19.1 Å². The van der Waals surface area contributed by atoms with Gasteiger partial charge in [0, 0.05) is 17.0 Å². The molecular weight excluding hydrogens is 386 g/mol. The van der Waals surface area contributed by atoms with Crippen molar-refractivity contribution in [2.24, 2.45) is 5.92 Å². The largest absolute Gasteiger partial charge is 0.493 e. The maximum absolute atomic E-state index is 12.6. The average Bonchev–Trinajstić information content (AvgIpc) is 3.02. The number of fused-ring (bicyclic) bond motifs is 1. The Bertz CT molecular complexity index is 932. The number of ether oxygens (including phenoxy) is 2. The maximum Gasteiger partial charge on any atom is 0.239 e. The summed E-state index contributed by atoms with van der Waals surface area (Å²) in [6, 6.07) is 8.00. The van der Waals surface area contributed by atoms with E-state index in [-0.39, 0.29) is 12.5 Å². The molecule has 7 heteroatoms. The zero-order valence-corrected chi connectivity index (χ0v) is 18.2. The summed E-state index contributed by atoms with van der Waals surface area (Å²) in [6.07, 6.45) is 3.00. The third-order valence-electron chi connectivity index (χ3n) is 5.21. The summed E-state index contributed by atoms with van der Waals surface area (Å²) in [4.78, 5) is 15.8. The van der Waals surface area contributed by atoms with E-state index >= 15 is 0 Å². The zero-order valence-electron chi connectivity index (χ0n) is 17.4. The number of nitrogens with one attached hydrogen (secondary N) is 1. The molecule has 0 bridgehead atoms. The zero-order chi connectivity index (χ0) is 21.0. The van der Waals surface area contributed by atoms with Crippen molar-refractivity contribution in [3.63, 3.8) is 0 Å². The second kappa shape index (κ2) is 9.29. The Kier molecular flexibility index (Phi) is 6.78. The van der Waals surface area contributed by atoms with E-state index in [0.29, 0.717) is 34.5 Å². The highest BCUT2D eigenvalue weighted by Crippen LogP contribution is 2.39. The van der Waals surface area contributed by atoms with E-state index in [1.165, 1.54) is 4.88 Å². The molecule has 0 aliphatic heterocycles. The van der Waals surface area contributed by atoms with Crippen LogP contribution in [-0.4, -0.2) is 38.6 Å². The molecule has 0 unspecified atom stereocenters. The van der Waals surface area contributed by atoms with Gasteiger partial charge in [-0.25, -0.2) is 0 Å². The van der Waals surface area contributed by atoms with Crippen LogP contribution in [0.25, 0.3) is 0 Å². The number of anilines is 1. The molecule has 29 heavy (non-hydrogen) atoms. The van der Waals surface area contributed by atoms with Gasteiger partial charge in [0.15, 0.2) is 11.5 Å². The second-order valence-electron chi connectivity index (χ2n) is 7.54. The molecule has 154 valence electrons. The number of benzene rings is 1. The summed E-state index contributed by atoms with van der Waals surface area (Å²) < 4.78 is 10.8. The first kappa shape index (κ1) is 21.2. The first-order chi connectivity index (χ1) is 14.0. The molecule has 1 aromatic carbocycles. The molecule has 0 saturated carbocycles. The molecule has 1 amide bonds. The van der Waals surface area contributed by atoms with Crippen LogP contribution >= 0.6 is 11.3 Å². The third kappa shape index (κ3) is 4.72. The van der Waals surface area contributed by atoms with Crippen LogP contribution in [0.15, 0.2) is 18.2 Å². The van der Waals surface area contributed by atoms with Crippen molar-refractivity contribution in [1.29, 1.82) is 5.26 Å². The molecule has 0 fully saturated rings. The molecule has 1 N–H and O–H groups in total. The highest BCUT2D eigenvalue weighted by molar-refractivity contribution is 7.16. The number of thiophene rings is 1. The van der Waals surface area contributed by atoms with Crippen LogP contribution < -0.4 is 14.8 Å². The van der Waals surface area contributed by atoms with Gasteiger partial charge in [-0.3, -0.25) is 9.69 Å². The molecule has 1 atom stereocenters. The highest BCUT2D eigenvalue weighted by Gasteiger charge is 2.25. The first-order valence-electron chi connectivity index (χ1n) is 9.69. The smallest absolute Gasteiger partial charge is 0.239 e. The summed E-state index contributed by atoms with van der Waals surface area (Å²) in [6.45, 7) is 2.98. The maximum atomic E-state index is 12.6. The van der Waals surface area contributed by atoms with Gasteiger partial charge in [-0.05, 0) is 43.9 Å². The summed E-state index contributed by atoms with van der Waals surface area (Å²) in [5.41, 5.74) is 2.71. The Morgan fingerprint density at radius 2 is 2.17 bits per heavy atom. The number of carbonyl (C=O) groups is 1. The van der Waals surface area contributed by atoms with Crippen LogP contribution in [-0.2, 0) is 24.2 Å². The predicted molar refractivity (Wildman–Crippen MR) is 115 cm³/mol. The van der Waals surface area contributed by atoms with Crippen LogP contribution in [0.5, 0.6) is 11.5 Å².